The molecular formula is C22H30O3. The lowest BCUT2D eigenvalue weighted by molar-refractivity contribution is -0.483. The molecule has 25 heavy (non-hydrogen) atoms. The summed E-state index contributed by atoms with van der Waals surface area (Å²) in [5.41, 5.74) is 3.53. The topological polar surface area (TPSA) is 27.7 Å². The van der Waals surface area contributed by atoms with Gasteiger partial charge in [0.25, 0.3) is 0 Å². The highest BCUT2D eigenvalue weighted by atomic mass is 17.2. The third-order valence-electron chi connectivity index (χ3n) is 6.18. The van der Waals surface area contributed by atoms with Crippen LogP contribution in [0.3, 0.4) is 0 Å². The number of ether oxygens (including phenoxy) is 1. The number of hydrogen-bond donors (Lipinski definition) is 0. The number of rotatable bonds is 3. The van der Waals surface area contributed by atoms with Crippen LogP contribution in [0.15, 0.2) is 30.8 Å². The van der Waals surface area contributed by atoms with Crippen molar-refractivity contribution in [2.45, 2.75) is 82.0 Å². The minimum atomic E-state index is -0.500. The number of benzene rings is 1. The van der Waals surface area contributed by atoms with E-state index in [1.54, 1.807) is 0 Å². The summed E-state index contributed by atoms with van der Waals surface area (Å²) in [4.78, 5) is 11.4. The van der Waals surface area contributed by atoms with E-state index < -0.39 is 5.79 Å². The molecule has 1 aliphatic heterocycles. The third kappa shape index (κ3) is 3.84. The van der Waals surface area contributed by atoms with Crippen LogP contribution in [0, 0.1) is 0 Å². The van der Waals surface area contributed by atoms with Crippen molar-refractivity contribution in [2.75, 3.05) is 6.61 Å². The second kappa shape index (κ2) is 7.61. The minimum Gasteiger partial charge on any atom is -0.344 e. The van der Waals surface area contributed by atoms with Gasteiger partial charge in [-0.25, -0.2) is 9.78 Å². The lowest BCUT2D eigenvalue weighted by Crippen LogP contribution is -2.46. The van der Waals surface area contributed by atoms with Crippen molar-refractivity contribution in [3.05, 3.63) is 42.0 Å². The molecule has 0 bridgehead atoms. The zero-order valence-corrected chi connectivity index (χ0v) is 15.2. The van der Waals surface area contributed by atoms with Crippen LogP contribution in [0.1, 0.15) is 81.3 Å². The molecule has 0 N–H and O–H groups in total. The van der Waals surface area contributed by atoms with Crippen LogP contribution >= 0.6 is 0 Å². The molecule has 3 nitrogen and oxygen atoms in total. The Kier molecular flexibility index (Phi) is 5.25. The normalized spacial score (nSPS) is 27.3. The van der Waals surface area contributed by atoms with Crippen molar-refractivity contribution in [1.82, 2.24) is 0 Å². The van der Waals surface area contributed by atoms with Crippen LogP contribution in [0.25, 0.3) is 5.57 Å². The maximum atomic E-state index is 6.07. The van der Waals surface area contributed by atoms with Gasteiger partial charge < -0.3 is 4.74 Å². The van der Waals surface area contributed by atoms with E-state index in [9.17, 15) is 0 Å². The number of hydrogen-bond acceptors (Lipinski definition) is 3. The van der Waals surface area contributed by atoms with Crippen molar-refractivity contribution in [1.29, 1.82) is 0 Å². The zero-order chi connectivity index (χ0) is 17.1. The van der Waals surface area contributed by atoms with Crippen LogP contribution < -0.4 is 0 Å². The Labute approximate surface area is 151 Å². The molecule has 4 rings (SSSR count). The lowest BCUT2D eigenvalue weighted by Gasteiger charge is -2.41. The summed E-state index contributed by atoms with van der Waals surface area (Å²) in [7, 11) is 0. The fraction of sp³-hybridized carbons (Fsp3) is 0.636. The van der Waals surface area contributed by atoms with Crippen LogP contribution in [-0.2, 0) is 14.5 Å². The molecule has 1 aromatic rings. The predicted octanol–water partition coefficient (Wildman–Crippen LogP) is 5.75. The summed E-state index contributed by atoms with van der Waals surface area (Å²) in [5.74, 6) is 0.236. The largest absolute Gasteiger partial charge is 0.344 e. The summed E-state index contributed by atoms with van der Waals surface area (Å²) in [6.45, 7) is 4.77. The summed E-state index contributed by atoms with van der Waals surface area (Å²) >= 11 is 0. The average Bonchev–Trinajstić information content (AvgIpc) is 2.70. The van der Waals surface area contributed by atoms with Gasteiger partial charge in [-0.05, 0) is 48.3 Å². The Balaban J connectivity index is 1.36. The van der Waals surface area contributed by atoms with Crippen molar-refractivity contribution in [3.63, 3.8) is 0 Å². The summed E-state index contributed by atoms with van der Waals surface area (Å²) < 4.78 is 6.07. The molecule has 3 fully saturated rings. The molecule has 136 valence electrons. The van der Waals surface area contributed by atoms with Crippen LogP contribution in [0.5, 0.6) is 0 Å². The van der Waals surface area contributed by atoms with E-state index in [4.69, 9.17) is 14.5 Å². The van der Waals surface area contributed by atoms with Crippen molar-refractivity contribution in [2.24, 2.45) is 0 Å². The molecule has 1 unspecified atom stereocenters. The second-order valence-electron chi connectivity index (χ2n) is 7.93. The summed E-state index contributed by atoms with van der Waals surface area (Å²) in [6, 6.07) is 8.90. The Morgan fingerprint density at radius 1 is 0.920 bits per heavy atom. The van der Waals surface area contributed by atoms with Gasteiger partial charge in [0.1, 0.15) is 6.10 Å². The molecule has 2 saturated carbocycles. The van der Waals surface area contributed by atoms with Gasteiger partial charge >= 0.3 is 0 Å². The Bertz CT molecular complexity index is 570. The van der Waals surface area contributed by atoms with Gasteiger partial charge in [-0.2, -0.15) is 0 Å². The van der Waals surface area contributed by atoms with Crippen LogP contribution in [0.2, 0.25) is 0 Å². The fourth-order valence-corrected chi connectivity index (χ4v) is 4.49. The molecule has 1 saturated heterocycles. The van der Waals surface area contributed by atoms with E-state index in [1.165, 1.54) is 44.1 Å². The Morgan fingerprint density at radius 2 is 1.60 bits per heavy atom. The first-order chi connectivity index (χ1) is 12.3. The summed E-state index contributed by atoms with van der Waals surface area (Å²) in [6.07, 6.45) is 12.0. The van der Waals surface area contributed by atoms with E-state index in [1.807, 2.05) is 0 Å². The third-order valence-corrected chi connectivity index (χ3v) is 6.18. The van der Waals surface area contributed by atoms with E-state index in [0.717, 1.165) is 42.7 Å². The second-order valence-corrected chi connectivity index (χ2v) is 7.93. The van der Waals surface area contributed by atoms with Gasteiger partial charge in [-0.1, -0.05) is 56.5 Å². The highest BCUT2D eigenvalue weighted by Crippen LogP contribution is 2.38. The molecule has 0 aromatic heterocycles. The first-order valence-electron chi connectivity index (χ1n) is 10.0. The molecule has 0 amide bonds. The molecule has 1 spiro atoms. The molecule has 1 heterocycles. The van der Waals surface area contributed by atoms with Gasteiger partial charge in [-0.3, -0.25) is 0 Å². The highest BCUT2D eigenvalue weighted by molar-refractivity contribution is 5.67. The fourth-order valence-electron chi connectivity index (χ4n) is 4.49. The molecule has 0 radical (unpaired) electrons. The quantitative estimate of drug-likeness (QED) is 0.654. The molecule has 1 atom stereocenters. The van der Waals surface area contributed by atoms with Gasteiger partial charge in [0.15, 0.2) is 0 Å². The molecular weight excluding hydrogens is 312 g/mol. The van der Waals surface area contributed by atoms with E-state index in [2.05, 4.69) is 30.8 Å². The maximum Gasteiger partial charge on any atom is 0.201 e. The van der Waals surface area contributed by atoms with Crippen molar-refractivity contribution in [3.8, 4) is 0 Å². The van der Waals surface area contributed by atoms with Crippen molar-refractivity contribution < 1.29 is 14.5 Å². The molecule has 2 aliphatic carbocycles. The van der Waals surface area contributed by atoms with Crippen LogP contribution in [0.4, 0.5) is 0 Å². The maximum absolute atomic E-state index is 6.07. The molecule has 3 aliphatic rings. The first-order valence-corrected chi connectivity index (χ1v) is 10.0. The van der Waals surface area contributed by atoms with E-state index in [0.29, 0.717) is 6.61 Å². The van der Waals surface area contributed by atoms with Crippen LogP contribution in [-0.4, -0.2) is 18.5 Å². The zero-order valence-electron chi connectivity index (χ0n) is 15.2. The van der Waals surface area contributed by atoms with Gasteiger partial charge in [0, 0.05) is 12.8 Å². The van der Waals surface area contributed by atoms with Gasteiger partial charge in [-0.15, -0.1) is 0 Å². The van der Waals surface area contributed by atoms with E-state index in [-0.39, 0.29) is 6.10 Å². The minimum absolute atomic E-state index is 0.215. The monoisotopic (exact) mass is 342 g/mol. The Morgan fingerprint density at radius 3 is 2.24 bits per heavy atom. The first kappa shape index (κ1) is 17.3. The average molecular weight is 342 g/mol. The Hall–Kier alpha value is -1.16. The smallest absolute Gasteiger partial charge is 0.201 e. The molecule has 1 aromatic carbocycles. The predicted molar refractivity (Wildman–Crippen MR) is 99.0 cm³/mol. The SMILES string of the molecule is C=C(c1ccc(C2CCCCC2)cc1)C1COC2(CCCCC2)OO1. The van der Waals surface area contributed by atoms with Crippen molar-refractivity contribution >= 4 is 5.57 Å². The summed E-state index contributed by atoms with van der Waals surface area (Å²) in [5, 5.41) is 0. The molecule has 3 heteroatoms. The van der Waals surface area contributed by atoms with Gasteiger partial charge in [0.05, 0.1) is 6.61 Å². The highest BCUT2D eigenvalue weighted by Gasteiger charge is 2.41. The van der Waals surface area contributed by atoms with E-state index >= 15 is 0 Å². The van der Waals surface area contributed by atoms with Gasteiger partial charge in [0.2, 0.25) is 5.79 Å². The lowest BCUT2D eigenvalue weighted by atomic mass is 9.83. The standard InChI is InChI=1S/C22H30O3/c1-17(21-16-23-22(25-24-21)14-6-3-7-15-22)18-10-12-20(13-11-18)19-8-4-2-5-9-19/h10-13,19,21H,1-9,14-16H2.